The lowest BCUT2D eigenvalue weighted by Gasteiger charge is -2.34. The van der Waals surface area contributed by atoms with Crippen molar-refractivity contribution in [3.8, 4) is 0 Å². The molecule has 3 amide bonds. The van der Waals surface area contributed by atoms with Crippen molar-refractivity contribution in [2.45, 2.75) is 52.6 Å². The van der Waals surface area contributed by atoms with Gasteiger partial charge in [0.15, 0.2) is 0 Å². The van der Waals surface area contributed by atoms with Gasteiger partial charge in [0.05, 0.1) is 12.0 Å². The Morgan fingerprint density at radius 3 is 2.36 bits per heavy atom. The molecule has 1 aromatic carbocycles. The van der Waals surface area contributed by atoms with Crippen LogP contribution in [0.5, 0.6) is 0 Å². The Balaban J connectivity index is 2.00. The fourth-order valence-corrected chi connectivity index (χ4v) is 3.28. The lowest BCUT2D eigenvalue weighted by Crippen LogP contribution is -2.50. The van der Waals surface area contributed by atoms with E-state index in [-0.39, 0.29) is 29.9 Å². The molecule has 0 unspecified atom stereocenters. The first-order chi connectivity index (χ1) is 11.9. The first kappa shape index (κ1) is 19.3. The van der Waals surface area contributed by atoms with Crippen molar-refractivity contribution in [1.82, 2.24) is 15.5 Å². The van der Waals surface area contributed by atoms with Crippen LogP contribution in [0.15, 0.2) is 30.3 Å². The molecular formula is C20H31N3O2. The minimum absolute atomic E-state index is 0.00596. The van der Waals surface area contributed by atoms with Gasteiger partial charge < -0.3 is 15.5 Å². The molecule has 1 aromatic rings. The molecule has 5 heteroatoms. The first-order valence-corrected chi connectivity index (χ1v) is 9.29. The number of likely N-dealkylation sites (tertiary alicyclic amines) is 1. The molecule has 0 saturated carbocycles. The maximum absolute atomic E-state index is 12.8. The second-order valence-electron chi connectivity index (χ2n) is 7.53. The summed E-state index contributed by atoms with van der Waals surface area (Å²) in [6.07, 6.45) is 1.69. The molecule has 1 aliphatic heterocycles. The minimum atomic E-state index is -0.142. The average molecular weight is 345 g/mol. The summed E-state index contributed by atoms with van der Waals surface area (Å²) in [4.78, 5) is 26.8. The zero-order valence-corrected chi connectivity index (χ0v) is 15.8. The molecule has 2 N–H and O–H groups in total. The Kier molecular flexibility index (Phi) is 6.85. The van der Waals surface area contributed by atoms with Crippen molar-refractivity contribution in [3.63, 3.8) is 0 Å². The highest BCUT2D eigenvalue weighted by Crippen LogP contribution is 2.24. The summed E-state index contributed by atoms with van der Waals surface area (Å²) in [5, 5.41) is 6.12. The van der Waals surface area contributed by atoms with Crippen molar-refractivity contribution < 1.29 is 9.59 Å². The molecular weight excluding hydrogens is 314 g/mol. The number of carbonyl (C=O) groups excluding carboxylic acids is 2. The number of benzene rings is 1. The highest BCUT2D eigenvalue weighted by atomic mass is 16.2. The van der Waals surface area contributed by atoms with Gasteiger partial charge >= 0.3 is 6.03 Å². The van der Waals surface area contributed by atoms with Crippen LogP contribution in [-0.4, -0.2) is 36.0 Å². The van der Waals surface area contributed by atoms with E-state index in [2.05, 4.69) is 24.5 Å². The van der Waals surface area contributed by atoms with Crippen LogP contribution in [0.4, 0.5) is 4.79 Å². The van der Waals surface area contributed by atoms with Crippen LogP contribution >= 0.6 is 0 Å². The van der Waals surface area contributed by atoms with Crippen LogP contribution in [0.1, 0.15) is 52.1 Å². The predicted octanol–water partition coefficient (Wildman–Crippen LogP) is 3.33. The van der Waals surface area contributed by atoms with E-state index in [0.29, 0.717) is 19.0 Å². The molecule has 25 heavy (non-hydrogen) atoms. The standard InChI is InChI=1S/C20H31N3O2/c1-14(2)18(16-9-6-5-7-10-16)22-19(24)17-11-8-12-23(13-17)20(25)21-15(3)4/h5-7,9-10,14-15,17-18H,8,11-13H2,1-4H3,(H,21,25)(H,22,24)/t17-,18-/m1/s1. The maximum atomic E-state index is 12.8. The number of nitrogens with one attached hydrogen (secondary N) is 2. The van der Waals surface area contributed by atoms with Gasteiger partial charge in [-0.3, -0.25) is 4.79 Å². The zero-order chi connectivity index (χ0) is 18.4. The Hall–Kier alpha value is -2.04. The number of piperidine rings is 1. The van der Waals surface area contributed by atoms with Crippen LogP contribution in [0.2, 0.25) is 0 Å². The maximum Gasteiger partial charge on any atom is 0.317 e. The van der Waals surface area contributed by atoms with Crippen molar-refractivity contribution in [2.24, 2.45) is 11.8 Å². The van der Waals surface area contributed by atoms with Gasteiger partial charge in [0.2, 0.25) is 5.91 Å². The van der Waals surface area contributed by atoms with E-state index in [1.807, 2.05) is 44.2 Å². The highest BCUT2D eigenvalue weighted by Gasteiger charge is 2.30. The van der Waals surface area contributed by atoms with Gasteiger partial charge in [-0.2, -0.15) is 0 Å². The van der Waals surface area contributed by atoms with Gasteiger partial charge in [0, 0.05) is 19.1 Å². The minimum Gasteiger partial charge on any atom is -0.349 e. The van der Waals surface area contributed by atoms with E-state index in [0.717, 1.165) is 18.4 Å². The number of hydrogen-bond donors (Lipinski definition) is 2. The second kappa shape index (κ2) is 8.88. The molecule has 1 aliphatic rings. The summed E-state index contributed by atoms with van der Waals surface area (Å²) >= 11 is 0. The van der Waals surface area contributed by atoms with Gasteiger partial charge in [-0.25, -0.2) is 4.79 Å². The number of urea groups is 1. The lowest BCUT2D eigenvalue weighted by atomic mass is 9.93. The molecule has 0 spiro atoms. The van der Waals surface area contributed by atoms with Crippen molar-refractivity contribution in [1.29, 1.82) is 0 Å². The van der Waals surface area contributed by atoms with Crippen LogP contribution in [0, 0.1) is 11.8 Å². The highest BCUT2D eigenvalue weighted by molar-refractivity contribution is 5.81. The van der Waals surface area contributed by atoms with Gasteiger partial charge in [0.25, 0.3) is 0 Å². The van der Waals surface area contributed by atoms with Crippen LogP contribution in [0.3, 0.4) is 0 Å². The van der Waals surface area contributed by atoms with Crippen molar-refractivity contribution in [3.05, 3.63) is 35.9 Å². The smallest absolute Gasteiger partial charge is 0.317 e. The topological polar surface area (TPSA) is 61.4 Å². The summed E-state index contributed by atoms with van der Waals surface area (Å²) in [5.74, 6) is 0.205. The molecule has 2 rings (SSSR count). The molecule has 0 aromatic heterocycles. The molecule has 138 valence electrons. The summed E-state index contributed by atoms with van der Waals surface area (Å²) in [6.45, 7) is 9.32. The Labute approximate surface area is 151 Å². The monoisotopic (exact) mass is 345 g/mol. The van der Waals surface area contributed by atoms with E-state index in [4.69, 9.17) is 0 Å². The molecule has 5 nitrogen and oxygen atoms in total. The molecule has 2 atom stereocenters. The third kappa shape index (κ3) is 5.48. The summed E-state index contributed by atoms with van der Waals surface area (Å²) in [7, 11) is 0. The summed E-state index contributed by atoms with van der Waals surface area (Å²) in [6, 6.07) is 10.1. The van der Waals surface area contributed by atoms with E-state index >= 15 is 0 Å². The predicted molar refractivity (Wildman–Crippen MR) is 100 cm³/mol. The number of rotatable bonds is 5. The zero-order valence-electron chi connectivity index (χ0n) is 15.8. The fourth-order valence-electron chi connectivity index (χ4n) is 3.28. The number of hydrogen-bond acceptors (Lipinski definition) is 2. The molecule has 0 bridgehead atoms. The third-order valence-electron chi connectivity index (χ3n) is 4.61. The fraction of sp³-hybridized carbons (Fsp3) is 0.600. The number of nitrogens with zero attached hydrogens (tertiary/aromatic N) is 1. The average Bonchev–Trinajstić information content (AvgIpc) is 2.59. The van der Waals surface area contributed by atoms with E-state index in [1.165, 1.54) is 0 Å². The SMILES string of the molecule is CC(C)NC(=O)N1CCC[C@@H](C(=O)N[C@@H](c2ccccc2)C(C)C)C1. The van der Waals surface area contributed by atoms with Crippen molar-refractivity contribution >= 4 is 11.9 Å². The molecule has 0 aliphatic carbocycles. The first-order valence-electron chi connectivity index (χ1n) is 9.29. The lowest BCUT2D eigenvalue weighted by molar-refractivity contribution is -0.127. The molecule has 1 heterocycles. The number of amides is 3. The third-order valence-corrected chi connectivity index (χ3v) is 4.61. The van der Waals surface area contributed by atoms with E-state index < -0.39 is 0 Å². The van der Waals surface area contributed by atoms with Crippen LogP contribution in [0.25, 0.3) is 0 Å². The van der Waals surface area contributed by atoms with Crippen molar-refractivity contribution in [2.75, 3.05) is 13.1 Å². The number of carbonyl (C=O) groups is 2. The van der Waals surface area contributed by atoms with Gasteiger partial charge in [-0.05, 0) is 38.2 Å². The normalized spacial score (nSPS) is 19.0. The van der Waals surface area contributed by atoms with Gasteiger partial charge in [-0.15, -0.1) is 0 Å². The largest absolute Gasteiger partial charge is 0.349 e. The Bertz CT molecular complexity index is 572. The Morgan fingerprint density at radius 1 is 1.08 bits per heavy atom. The molecule has 1 fully saturated rings. The summed E-state index contributed by atoms with van der Waals surface area (Å²) in [5.41, 5.74) is 1.12. The second-order valence-corrected chi connectivity index (χ2v) is 7.53. The Morgan fingerprint density at radius 2 is 1.76 bits per heavy atom. The van der Waals surface area contributed by atoms with E-state index in [1.54, 1.807) is 4.90 Å². The van der Waals surface area contributed by atoms with Crippen LogP contribution < -0.4 is 10.6 Å². The van der Waals surface area contributed by atoms with Gasteiger partial charge in [-0.1, -0.05) is 44.2 Å². The van der Waals surface area contributed by atoms with E-state index in [9.17, 15) is 9.59 Å². The van der Waals surface area contributed by atoms with Crippen LogP contribution in [-0.2, 0) is 4.79 Å². The van der Waals surface area contributed by atoms with Gasteiger partial charge in [0.1, 0.15) is 0 Å². The summed E-state index contributed by atoms with van der Waals surface area (Å²) < 4.78 is 0. The molecule has 1 saturated heterocycles. The quantitative estimate of drug-likeness (QED) is 0.860. The molecule has 0 radical (unpaired) electrons.